The van der Waals surface area contributed by atoms with Crippen molar-refractivity contribution in [3.63, 3.8) is 0 Å². The molecule has 0 aromatic carbocycles. The van der Waals surface area contributed by atoms with Crippen LogP contribution in [0.4, 0.5) is 0 Å². The SMILES string of the molecule is C=CC(=O)N(CC)CC(=O)N1CCC(C2CCCCCN2C(C)=O)CC1. The van der Waals surface area contributed by atoms with Crippen molar-refractivity contribution < 1.29 is 14.4 Å². The van der Waals surface area contributed by atoms with E-state index in [9.17, 15) is 14.4 Å². The number of piperidine rings is 1. The molecular formula is C20H33N3O3. The first kappa shape index (κ1) is 20.5. The Labute approximate surface area is 157 Å². The van der Waals surface area contributed by atoms with E-state index in [-0.39, 0.29) is 24.3 Å². The van der Waals surface area contributed by atoms with Crippen LogP contribution >= 0.6 is 0 Å². The van der Waals surface area contributed by atoms with E-state index < -0.39 is 0 Å². The molecular weight excluding hydrogens is 330 g/mol. The van der Waals surface area contributed by atoms with Gasteiger partial charge in [-0.05, 0) is 44.6 Å². The maximum absolute atomic E-state index is 12.5. The lowest BCUT2D eigenvalue weighted by molar-refractivity contribution is -0.140. The first-order valence-electron chi connectivity index (χ1n) is 9.94. The van der Waals surface area contributed by atoms with Crippen LogP contribution in [0.5, 0.6) is 0 Å². The predicted molar refractivity (Wildman–Crippen MR) is 101 cm³/mol. The molecule has 0 aromatic heterocycles. The smallest absolute Gasteiger partial charge is 0.246 e. The van der Waals surface area contributed by atoms with Crippen molar-refractivity contribution in [3.05, 3.63) is 12.7 Å². The fourth-order valence-electron chi connectivity index (χ4n) is 4.29. The molecule has 0 spiro atoms. The summed E-state index contributed by atoms with van der Waals surface area (Å²) in [6, 6.07) is 0.321. The molecule has 0 saturated carbocycles. The quantitative estimate of drug-likeness (QED) is 0.703. The van der Waals surface area contributed by atoms with Gasteiger partial charge in [0.05, 0.1) is 6.54 Å². The number of carbonyl (C=O) groups excluding carboxylic acids is 3. The van der Waals surface area contributed by atoms with E-state index >= 15 is 0 Å². The molecule has 2 saturated heterocycles. The highest BCUT2D eigenvalue weighted by atomic mass is 16.2. The zero-order valence-electron chi connectivity index (χ0n) is 16.3. The molecule has 2 heterocycles. The van der Waals surface area contributed by atoms with Gasteiger partial charge in [0.25, 0.3) is 0 Å². The van der Waals surface area contributed by atoms with Crippen LogP contribution in [0.2, 0.25) is 0 Å². The summed E-state index contributed by atoms with van der Waals surface area (Å²) >= 11 is 0. The molecule has 26 heavy (non-hydrogen) atoms. The molecule has 1 unspecified atom stereocenters. The molecule has 2 fully saturated rings. The standard InChI is InChI=1S/C20H33N3O3/c1-4-19(25)21(5-2)15-20(26)22-13-10-17(11-14-22)18-9-7-6-8-12-23(18)16(3)24/h4,17-18H,1,5-15H2,2-3H3. The average molecular weight is 364 g/mol. The van der Waals surface area contributed by atoms with Gasteiger partial charge in [0.1, 0.15) is 0 Å². The minimum absolute atomic E-state index is 0.00444. The maximum Gasteiger partial charge on any atom is 0.246 e. The molecule has 0 bridgehead atoms. The second-order valence-corrected chi connectivity index (χ2v) is 7.40. The first-order chi connectivity index (χ1) is 12.5. The van der Waals surface area contributed by atoms with Gasteiger partial charge < -0.3 is 14.7 Å². The Kier molecular flexibility index (Phi) is 7.66. The van der Waals surface area contributed by atoms with Crippen LogP contribution in [0.1, 0.15) is 52.4 Å². The minimum atomic E-state index is -0.203. The normalized spacial score (nSPS) is 21.8. The highest BCUT2D eigenvalue weighted by molar-refractivity contribution is 5.90. The molecule has 2 rings (SSSR count). The fourth-order valence-corrected chi connectivity index (χ4v) is 4.29. The van der Waals surface area contributed by atoms with Crippen LogP contribution in [-0.4, -0.2) is 71.2 Å². The van der Waals surface area contributed by atoms with Gasteiger partial charge in [0.15, 0.2) is 0 Å². The number of likely N-dealkylation sites (N-methyl/N-ethyl adjacent to an activating group) is 1. The van der Waals surface area contributed by atoms with Crippen LogP contribution < -0.4 is 0 Å². The third-order valence-corrected chi connectivity index (χ3v) is 5.83. The monoisotopic (exact) mass is 363 g/mol. The molecule has 0 N–H and O–H groups in total. The van der Waals surface area contributed by atoms with Gasteiger partial charge in [-0.15, -0.1) is 0 Å². The van der Waals surface area contributed by atoms with Crippen molar-refractivity contribution in [2.75, 3.05) is 32.7 Å². The van der Waals surface area contributed by atoms with Gasteiger partial charge in [-0.3, -0.25) is 14.4 Å². The summed E-state index contributed by atoms with van der Waals surface area (Å²) in [5, 5.41) is 0. The van der Waals surface area contributed by atoms with E-state index in [1.54, 1.807) is 6.92 Å². The van der Waals surface area contributed by atoms with Gasteiger partial charge in [-0.2, -0.15) is 0 Å². The van der Waals surface area contributed by atoms with E-state index in [4.69, 9.17) is 0 Å². The first-order valence-corrected chi connectivity index (χ1v) is 9.94. The molecule has 6 nitrogen and oxygen atoms in total. The molecule has 2 aliphatic heterocycles. The number of rotatable bonds is 5. The topological polar surface area (TPSA) is 60.9 Å². The van der Waals surface area contributed by atoms with Gasteiger partial charge >= 0.3 is 0 Å². The molecule has 3 amide bonds. The second-order valence-electron chi connectivity index (χ2n) is 7.40. The Morgan fingerprint density at radius 1 is 1.08 bits per heavy atom. The number of carbonyl (C=O) groups is 3. The number of hydrogen-bond donors (Lipinski definition) is 0. The number of likely N-dealkylation sites (tertiary alicyclic amines) is 2. The maximum atomic E-state index is 12.5. The number of amides is 3. The van der Waals surface area contributed by atoms with Crippen molar-refractivity contribution in [2.45, 2.75) is 58.4 Å². The summed E-state index contributed by atoms with van der Waals surface area (Å²) in [6.07, 6.45) is 7.67. The zero-order chi connectivity index (χ0) is 19.1. The average Bonchev–Trinajstić information content (AvgIpc) is 2.91. The Balaban J connectivity index is 1.91. The largest absolute Gasteiger partial charge is 0.341 e. The molecule has 1 atom stereocenters. The number of hydrogen-bond acceptors (Lipinski definition) is 3. The van der Waals surface area contributed by atoms with Crippen LogP contribution in [0.25, 0.3) is 0 Å². The summed E-state index contributed by atoms with van der Waals surface area (Å²) in [6.45, 7) is 9.95. The number of nitrogens with zero attached hydrogens (tertiary/aromatic N) is 3. The van der Waals surface area contributed by atoms with Gasteiger partial charge in [-0.25, -0.2) is 0 Å². The summed E-state index contributed by atoms with van der Waals surface area (Å²) < 4.78 is 0. The summed E-state index contributed by atoms with van der Waals surface area (Å²) in [4.78, 5) is 41.8. The van der Waals surface area contributed by atoms with E-state index in [2.05, 4.69) is 11.5 Å². The lowest BCUT2D eigenvalue weighted by atomic mass is 9.86. The van der Waals surface area contributed by atoms with Crippen LogP contribution in [-0.2, 0) is 14.4 Å². The summed E-state index contributed by atoms with van der Waals surface area (Å²) in [5.74, 6) is 0.450. The molecule has 0 aromatic rings. The lowest BCUT2D eigenvalue weighted by Gasteiger charge is -2.40. The van der Waals surface area contributed by atoms with Crippen LogP contribution in [0.3, 0.4) is 0 Å². The summed E-state index contributed by atoms with van der Waals surface area (Å²) in [5.41, 5.74) is 0. The summed E-state index contributed by atoms with van der Waals surface area (Å²) in [7, 11) is 0. The van der Waals surface area contributed by atoms with Crippen molar-refractivity contribution in [2.24, 2.45) is 5.92 Å². The minimum Gasteiger partial charge on any atom is -0.341 e. The fraction of sp³-hybridized carbons (Fsp3) is 0.750. The van der Waals surface area contributed by atoms with Crippen molar-refractivity contribution in [1.29, 1.82) is 0 Å². The van der Waals surface area contributed by atoms with Gasteiger partial charge in [-0.1, -0.05) is 19.4 Å². The van der Waals surface area contributed by atoms with Gasteiger partial charge in [0, 0.05) is 39.1 Å². The Bertz CT molecular complexity index is 526. The lowest BCUT2D eigenvalue weighted by Crippen LogP contribution is -2.50. The van der Waals surface area contributed by atoms with E-state index in [1.807, 2.05) is 11.8 Å². The predicted octanol–water partition coefficient (Wildman–Crippen LogP) is 2.05. The molecule has 146 valence electrons. The van der Waals surface area contributed by atoms with Crippen molar-refractivity contribution in [1.82, 2.24) is 14.7 Å². The van der Waals surface area contributed by atoms with Crippen molar-refractivity contribution in [3.8, 4) is 0 Å². The molecule has 0 radical (unpaired) electrons. The molecule has 2 aliphatic rings. The highest BCUT2D eigenvalue weighted by Crippen LogP contribution is 2.30. The van der Waals surface area contributed by atoms with Crippen LogP contribution in [0.15, 0.2) is 12.7 Å². The van der Waals surface area contributed by atoms with E-state index in [1.165, 1.54) is 23.8 Å². The Morgan fingerprint density at radius 3 is 2.35 bits per heavy atom. The molecule has 0 aliphatic carbocycles. The Hall–Kier alpha value is -1.85. The third kappa shape index (κ3) is 5.08. The molecule has 6 heteroatoms. The third-order valence-electron chi connectivity index (χ3n) is 5.83. The van der Waals surface area contributed by atoms with E-state index in [0.717, 1.165) is 32.2 Å². The highest BCUT2D eigenvalue weighted by Gasteiger charge is 2.34. The van der Waals surface area contributed by atoms with Crippen LogP contribution in [0, 0.1) is 5.92 Å². The van der Waals surface area contributed by atoms with Gasteiger partial charge in [0.2, 0.25) is 17.7 Å². The van der Waals surface area contributed by atoms with Crippen molar-refractivity contribution >= 4 is 17.7 Å². The van der Waals surface area contributed by atoms with E-state index in [0.29, 0.717) is 31.6 Å². The zero-order valence-corrected chi connectivity index (χ0v) is 16.3. The second kappa shape index (κ2) is 9.74. The Morgan fingerprint density at radius 2 is 1.77 bits per heavy atom.